The first kappa shape index (κ1) is 11.5. The van der Waals surface area contributed by atoms with Crippen LogP contribution in [0.15, 0.2) is 24.3 Å². The number of hydrogen-bond acceptors (Lipinski definition) is 3. The molecule has 0 atom stereocenters. The first-order chi connectivity index (χ1) is 8.74. The third kappa shape index (κ3) is 2.34. The zero-order chi connectivity index (χ0) is 12.5. The van der Waals surface area contributed by atoms with E-state index in [1.807, 2.05) is 31.2 Å². The summed E-state index contributed by atoms with van der Waals surface area (Å²) in [6, 6.07) is 8.31. The van der Waals surface area contributed by atoms with Crippen LogP contribution in [0, 0.1) is 6.92 Å². The lowest BCUT2D eigenvalue weighted by Gasteiger charge is -2.09. The predicted octanol–water partition coefficient (Wildman–Crippen LogP) is 3.19. The molecule has 0 saturated heterocycles. The van der Waals surface area contributed by atoms with Gasteiger partial charge in [-0.25, -0.2) is 0 Å². The summed E-state index contributed by atoms with van der Waals surface area (Å²) >= 11 is 5.95. The van der Waals surface area contributed by atoms with Crippen molar-refractivity contribution in [2.45, 2.75) is 32.4 Å². The van der Waals surface area contributed by atoms with Gasteiger partial charge >= 0.3 is 0 Å². The number of aromatic nitrogens is 3. The highest BCUT2D eigenvalue weighted by Gasteiger charge is 2.27. The number of halogens is 1. The van der Waals surface area contributed by atoms with E-state index in [0.717, 1.165) is 22.4 Å². The summed E-state index contributed by atoms with van der Waals surface area (Å²) < 4.78 is 2.23. The number of anilines is 1. The standard InChI is InChI=1S/C13H15ClN4/c1-9-16-17-13(18(9)12-5-6-12)8-15-11-4-2-3-10(14)7-11/h2-4,7,12,15H,5-6,8H2,1H3. The Morgan fingerprint density at radius 3 is 2.94 bits per heavy atom. The van der Waals surface area contributed by atoms with Crippen molar-refractivity contribution in [1.82, 2.24) is 14.8 Å². The van der Waals surface area contributed by atoms with Gasteiger partial charge < -0.3 is 9.88 Å². The van der Waals surface area contributed by atoms with Gasteiger partial charge in [-0.15, -0.1) is 10.2 Å². The predicted molar refractivity (Wildman–Crippen MR) is 71.8 cm³/mol. The van der Waals surface area contributed by atoms with Crippen molar-refractivity contribution in [3.05, 3.63) is 40.9 Å². The van der Waals surface area contributed by atoms with Crippen molar-refractivity contribution in [2.24, 2.45) is 0 Å². The summed E-state index contributed by atoms with van der Waals surface area (Å²) in [7, 11) is 0. The van der Waals surface area contributed by atoms with Gasteiger partial charge in [-0.1, -0.05) is 17.7 Å². The number of nitrogens with zero attached hydrogens (tertiary/aromatic N) is 3. The number of rotatable bonds is 4. The largest absolute Gasteiger partial charge is 0.378 e. The summed E-state index contributed by atoms with van der Waals surface area (Å²) in [6.07, 6.45) is 2.48. The first-order valence-electron chi connectivity index (χ1n) is 6.14. The molecule has 1 aliphatic carbocycles. The average molecular weight is 263 g/mol. The molecule has 0 amide bonds. The lowest BCUT2D eigenvalue weighted by atomic mass is 10.3. The molecule has 18 heavy (non-hydrogen) atoms. The summed E-state index contributed by atoms with van der Waals surface area (Å²) in [5.74, 6) is 2.00. The van der Waals surface area contributed by atoms with Gasteiger partial charge in [0.1, 0.15) is 5.82 Å². The van der Waals surface area contributed by atoms with Crippen LogP contribution in [-0.2, 0) is 6.54 Å². The summed E-state index contributed by atoms with van der Waals surface area (Å²) in [4.78, 5) is 0. The molecule has 94 valence electrons. The van der Waals surface area contributed by atoms with E-state index in [4.69, 9.17) is 11.6 Å². The van der Waals surface area contributed by atoms with Crippen LogP contribution in [0.1, 0.15) is 30.5 Å². The molecular weight excluding hydrogens is 248 g/mol. The second-order valence-corrected chi connectivity index (χ2v) is 5.06. The number of nitrogens with one attached hydrogen (secondary N) is 1. The van der Waals surface area contributed by atoms with E-state index >= 15 is 0 Å². The molecule has 1 aromatic heterocycles. The third-order valence-electron chi connectivity index (χ3n) is 3.12. The smallest absolute Gasteiger partial charge is 0.152 e. The van der Waals surface area contributed by atoms with Gasteiger partial charge in [0, 0.05) is 16.8 Å². The van der Waals surface area contributed by atoms with E-state index in [-0.39, 0.29) is 0 Å². The topological polar surface area (TPSA) is 42.7 Å². The Labute approximate surface area is 111 Å². The number of benzene rings is 1. The Morgan fingerprint density at radius 1 is 1.39 bits per heavy atom. The van der Waals surface area contributed by atoms with Gasteiger partial charge in [-0.05, 0) is 38.0 Å². The molecule has 1 aliphatic rings. The van der Waals surface area contributed by atoms with E-state index in [1.54, 1.807) is 0 Å². The van der Waals surface area contributed by atoms with E-state index in [0.29, 0.717) is 12.6 Å². The van der Waals surface area contributed by atoms with Gasteiger partial charge in [0.05, 0.1) is 6.54 Å². The Balaban J connectivity index is 1.73. The normalized spacial score (nSPS) is 14.8. The van der Waals surface area contributed by atoms with Crippen LogP contribution in [0.25, 0.3) is 0 Å². The number of aryl methyl sites for hydroxylation is 1. The molecule has 0 spiro atoms. The van der Waals surface area contributed by atoms with Gasteiger partial charge in [0.25, 0.3) is 0 Å². The average Bonchev–Trinajstić information content (AvgIpc) is 3.11. The maximum Gasteiger partial charge on any atom is 0.152 e. The quantitative estimate of drug-likeness (QED) is 0.920. The van der Waals surface area contributed by atoms with Crippen LogP contribution < -0.4 is 5.32 Å². The minimum atomic E-state index is 0.608. The molecule has 1 fully saturated rings. The van der Waals surface area contributed by atoms with E-state index in [2.05, 4.69) is 20.1 Å². The van der Waals surface area contributed by atoms with Crippen molar-refractivity contribution in [3.63, 3.8) is 0 Å². The lowest BCUT2D eigenvalue weighted by Crippen LogP contribution is -2.08. The highest BCUT2D eigenvalue weighted by atomic mass is 35.5. The maximum atomic E-state index is 5.95. The highest BCUT2D eigenvalue weighted by Crippen LogP contribution is 2.36. The highest BCUT2D eigenvalue weighted by molar-refractivity contribution is 6.30. The zero-order valence-electron chi connectivity index (χ0n) is 10.2. The fourth-order valence-electron chi connectivity index (χ4n) is 2.12. The Bertz CT molecular complexity index is 560. The molecule has 3 rings (SSSR count). The SMILES string of the molecule is Cc1nnc(CNc2cccc(Cl)c2)n1C1CC1. The van der Waals surface area contributed by atoms with Crippen LogP contribution in [0.2, 0.25) is 5.02 Å². The second-order valence-electron chi connectivity index (χ2n) is 4.63. The van der Waals surface area contributed by atoms with Gasteiger partial charge in [0.2, 0.25) is 0 Å². The molecular formula is C13H15ClN4. The summed E-state index contributed by atoms with van der Waals surface area (Å²) in [5.41, 5.74) is 1.01. The fourth-order valence-corrected chi connectivity index (χ4v) is 2.31. The van der Waals surface area contributed by atoms with Crippen LogP contribution in [-0.4, -0.2) is 14.8 Å². The van der Waals surface area contributed by atoms with E-state index < -0.39 is 0 Å². The Kier molecular flexibility index (Phi) is 2.96. The molecule has 5 heteroatoms. The van der Waals surface area contributed by atoms with Crippen LogP contribution >= 0.6 is 11.6 Å². The monoisotopic (exact) mass is 262 g/mol. The van der Waals surface area contributed by atoms with Gasteiger partial charge in [-0.2, -0.15) is 0 Å². The fraction of sp³-hybridized carbons (Fsp3) is 0.385. The first-order valence-corrected chi connectivity index (χ1v) is 6.51. The Hall–Kier alpha value is -1.55. The molecule has 0 unspecified atom stereocenters. The maximum absolute atomic E-state index is 5.95. The second kappa shape index (κ2) is 4.61. The van der Waals surface area contributed by atoms with Crippen molar-refractivity contribution >= 4 is 17.3 Å². The van der Waals surface area contributed by atoms with Crippen molar-refractivity contribution in [1.29, 1.82) is 0 Å². The van der Waals surface area contributed by atoms with Crippen molar-refractivity contribution < 1.29 is 0 Å². The molecule has 4 nitrogen and oxygen atoms in total. The molecule has 0 aliphatic heterocycles. The minimum absolute atomic E-state index is 0.608. The summed E-state index contributed by atoms with van der Waals surface area (Å²) in [6.45, 7) is 2.69. The molecule has 0 bridgehead atoms. The number of hydrogen-bond donors (Lipinski definition) is 1. The van der Waals surface area contributed by atoms with E-state index in [9.17, 15) is 0 Å². The molecule has 1 heterocycles. The molecule has 1 saturated carbocycles. The molecule has 0 radical (unpaired) electrons. The molecule has 1 N–H and O–H groups in total. The van der Waals surface area contributed by atoms with Crippen LogP contribution in [0.4, 0.5) is 5.69 Å². The van der Waals surface area contributed by atoms with Crippen molar-refractivity contribution in [3.8, 4) is 0 Å². The van der Waals surface area contributed by atoms with Crippen LogP contribution in [0.3, 0.4) is 0 Å². The van der Waals surface area contributed by atoms with E-state index in [1.165, 1.54) is 12.8 Å². The Morgan fingerprint density at radius 2 is 2.22 bits per heavy atom. The third-order valence-corrected chi connectivity index (χ3v) is 3.36. The zero-order valence-corrected chi connectivity index (χ0v) is 11.0. The summed E-state index contributed by atoms with van der Waals surface area (Å²) in [5, 5.41) is 12.5. The van der Waals surface area contributed by atoms with Crippen LogP contribution in [0.5, 0.6) is 0 Å². The lowest BCUT2D eigenvalue weighted by molar-refractivity contribution is 0.670. The van der Waals surface area contributed by atoms with Gasteiger partial charge in [0.15, 0.2) is 5.82 Å². The molecule has 1 aromatic carbocycles. The van der Waals surface area contributed by atoms with Gasteiger partial charge in [-0.3, -0.25) is 0 Å². The van der Waals surface area contributed by atoms with Crippen molar-refractivity contribution in [2.75, 3.05) is 5.32 Å². The minimum Gasteiger partial charge on any atom is -0.378 e. The molecule has 2 aromatic rings.